The van der Waals surface area contributed by atoms with Crippen molar-refractivity contribution in [2.75, 3.05) is 0 Å². The summed E-state index contributed by atoms with van der Waals surface area (Å²) in [5, 5.41) is 0. The molecule has 2 nitrogen and oxygen atoms in total. The lowest BCUT2D eigenvalue weighted by Crippen LogP contribution is -2.66. The highest BCUT2D eigenvalue weighted by Gasteiger charge is 2.70. The summed E-state index contributed by atoms with van der Waals surface area (Å²) in [6, 6.07) is 0. The van der Waals surface area contributed by atoms with Crippen molar-refractivity contribution in [1.82, 2.24) is 0 Å². The number of fused-ring (bicyclic) bond motifs is 7. The van der Waals surface area contributed by atoms with Crippen LogP contribution in [0.1, 0.15) is 106 Å². The van der Waals surface area contributed by atoms with Gasteiger partial charge in [0.2, 0.25) is 0 Å². The van der Waals surface area contributed by atoms with E-state index in [1.54, 1.807) is 0 Å². The molecule has 4 unspecified atom stereocenters. The van der Waals surface area contributed by atoms with Gasteiger partial charge in [-0.1, -0.05) is 46.8 Å². The normalized spacial score (nSPS) is 54.1. The summed E-state index contributed by atoms with van der Waals surface area (Å²) in [6.45, 7) is 18.9. The van der Waals surface area contributed by atoms with Crippen molar-refractivity contribution in [3.05, 3.63) is 12.2 Å². The van der Waals surface area contributed by atoms with E-state index in [1.165, 1.54) is 44.0 Å². The molecular weight excluding hydrogens is 392 g/mol. The highest BCUT2D eigenvalue weighted by molar-refractivity contribution is 5.85. The molecule has 5 fully saturated rings. The lowest BCUT2D eigenvalue weighted by Gasteiger charge is -2.72. The fourth-order valence-electron chi connectivity index (χ4n) is 11.2. The zero-order valence-corrected chi connectivity index (χ0v) is 21.6. The quantitative estimate of drug-likeness (QED) is 0.332. The predicted molar refractivity (Wildman–Crippen MR) is 130 cm³/mol. The Kier molecular flexibility index (Phi) is 4.87. The first-order valence-electron chi connectivity index (χ1n) is 13.5. The predicted octanol–water partition coefficient (Wildman–Crippen LogP) is 7.41. The van der Waals surface area contributed by atoms with Gasteiger partial charge in [-0.3, -0.25) is 4.79 Å². The molecule has 5 aliphatic rings. The Balaban J connectivity index is 1.56. The Hall–Kier alpha value is -0.920. The Bertz CT molecular complexity index is 855. The molecule has 0 aliphatic heterocycles. The lowest BCUT2D eigenvalue weighted by atomic mass is 9.32. The van der Waals surface area contributed by atoms with Gasteiger partial charge < -0.3 is 4.79 Å². The number of allylic oxidation sites excluding steroid dienone is 1. The second-order valence-corrected chi connectivity index (χ2v) is 14.2. The van der Waals surface area contributed by atoms with Crippen LogP contribution in [0.5, 0.6) is 0 Å². The van der Waals surface area contributed by atoms with Gasteiger partial charge in [-0.2, -0.15) is 0 Å². The fourth-order valence-corrected chi connectivity index (χ4v) is 11.2. The third-order valence-electron chi connectivity index (χ3n) is 13.1. The van der Waals surface area contributed by atoms with Crippen LogP contribution in [-0.4, -0.2) is 12.1 Å². The zero-order valence-electron chi connectivity index (χ0n) is 21.6. The molecular formula is C30H46O2. The maximum Gasteiger partial charge on any atom is 0.138 e. The van der Waals surface area contributed by atoms with Crippen LogP contribution in [0.3, 0.4) is 0 Å². The number of carbonyl (C=O) groups excluding carboxylic acids is 2. The van der Waals surface area contributed by atoms with Crippen LogP contribution < -0.4 is 0 Å². The molecule has 0 amide bonds. The molecule has 5 rings (SSSR count). The Morgan fingerprint density at radius 3 is 2.25 bits per heavy atom. The topological polar surface area (TPSA) is 34.1 Å². The number of hydrogen-bond donors (Lipinski definition) is 0. The van der Waals surface area contributed by atoms with Crippen LogP contribution in [-0.2, 0) is 9.59 Å². The summed E-state index contributed by atoms with van der Waals surface area (Å²) in [6.07, 6.45) is 12.7. The number of aldehydes is 1. The van der Waals surface area contributed by atoms with Gasteiger partial charge in [0, 0.05) is 17.3 Å². The van der Waals surface area contributed by atoms with Crippen molar-refractivity contribution in [2.24, 2.45) is 56.7 Å². The average molecular weight is 439 g/mol. The van der Waals surface area contributed by atoms with Gasteiger partial charge in [-0.05, 0) is 111 Å². The summed E-state index contributed by atoms with van der Waals surface area (Å²) in [7, 11) is 0. The summed E-state index contributed by atoms with van der Waals surface area (Å²) < 4.78 is 0. The van der Waals surface area contributed by atoms with E-state index < -0.39 is 0 Å². The third kappa shape index (κ3) is 2.54. The van der Waals surface area contributed by atoms with Crippen molar-refractivity contribution in [3.8, 4) is 0 Å². The second-order valence-electron chi connectivity index (χ2n) is 14.2. The molecule has 0 N–H and O–H groups in total. The van der Waals surface area contributed by atoms with Gasteiger partial charge >= 0.3 is 0 Å². The van der Waals surface area contributed by atoms with Crippen molar-refractivity contribution >= 4 is 12.1 Å². The van der Waals surface area contributed by atoms with Gasteiger partial charge in [0.15, 0.2) is 0 Å². The number of carbonyl (C=O) groups is 2. The largest absolute Gasteiger partial charge is 0.303 e. The lowest BCUT2D eigenvalue weighted by molar-refractivity contribution is -0.231. The summed E-state index contributed by atoms with van der Waals surface area (Å²) >= 11 is 0. The van der Waals surface area contributed by atoms with E-state index in [9.17, 15) is 9.59 Å². The third-order valence-corrected chi connectivity index (χ3v) is 13.1. The molecule has 0 saturated heterocycles. The fraction of sp³-hybridized carbons (Fsp3) is 0.867. The van der Waals surface area contributed by atoms with Crippen LogP contribution in [0, 0.1) is 56.7 Å². The molecule has 32 heavy (non-hydrogen) atoms. The molecule has 0 aromatic heterocycles. The molecule has 0 aromatic rings. The molecule has 5 saturated carbocycles. The molecule has 5 aliphatic carbocycles. The Labute approximate surface area is 196 Å². The summed E-state index contributed by atoms with van der Waals surface area (Å²) in [4.78, 5) is 25.4. The molecule has 9 atom stereocenters. The van der Waals surface area contributed by atoms with Crippen molar-refractivity contribution in [1.29, 1.82) is 0 Å². The van der Waals surface area contributed by atoms with Crippen LogP contribution >= 0.6 is 0 Å². The molecule has 0 aromatic carbocycles. The molecule has 178 valence electrons. The van der Waals surface area contributed by atoms with Crippen LogP contribution in [0.25, 0.3) is 0 Å². The molecule has 0 spiro atoms. The van der Waals surface area contributed by atoms with E-state index in [-0.39, 0.29) is 21.7 Å². The molecule has 0 radical (unpaired) electrons. The first kappa shape index (κ1) is 22.9. The van der Waals surface area contributed by atoms with Crippen LogP contribution in [0.2, 0.25) is 0 Å². The van der Waals surface area contributed by atoms with Crippen LogP contribution in [0.4, 0.5) is 0 Å². The smallest absolute Gasteiger partial charge is 0.138 e. The number of rotatable bonds is 2. The van der Waals surface area contributed by atoms with Gasteiger partial charge in [-0.25, -0.2) is 0 Å². The number of hydrogen-bond acceptors (Lipinski definition) is 2. The highest BCUT2D eigenvalue weighted by Crippen LogP contribution is 2.77. The summed E-state index contributed by atoms with van der Waals surface area (Å²) in [5.74, 6) is 3.34. The Morgan fingerprint density at radius 1 is 0.875 bits per heavy atom. The van der Waals surface area contributed by atoms with E-state index in [4.69, 9.17) is 0 Å². The summed E-state index contributed by atoms with van der Waals surface area (Å²) in [5.41, 5.74) is 1.87. The van der Waals surface area contributed by atoms with Gasteiger partial charge in [0.25, 0.3) is 0 Å². The minimum Gasteiger partial charge on any atom is -0.303 e. The number of ketones is 1. The van der Waals surface area contributed by atoms with E-state index >= 15 is 0 Å². The van der Waals surface area contributed by atoms with Gasteiger partial charge in [0.1, 0.15) is 12.1 Å². The molecule has 0 bridgehead atoms. The average Bonchev–Trinajstić information content (AvgIpc) is 3.12. The maximum absolute atomic E-state index is 12.9. The van der Waals surface area contributed by atoms with E-state index in [0.717, 1.165) is 32.1 Å². The standard InChI is InChI=1S/C30H46O2/c1-19(2)20-10-15-30(18-31)17-16-28(6)21(25(20)30)8-9-23-27(5)13-12-24(32)26(3,4)22(27)11-14-29(23,28)7/h18,20-23,25H,1,8-17H2,2-7H3/t20-,21?,22?,23?,25?,27-,28+,29+,30+/m0/s1. The Morgan fingerprint density at radius 2 is 1.59 bits per heavy atom. The van der Waals surface area contributed by atoms with Gasteiger partial charge in [-0.15, -0.1) is 0 Å². The van der Waals surface area contributed by atoms with Crippen molar-refractivity contribution in [3.63, 3.8) is 0 Å². The van der Waals surface area contributed by atoms with Crippen LogP contribution in [0.15, 0.2) is 12.2 Å². The van der Waals surface area contributed by atoms with Crippen molar-refractivity contribution in [2.45, 2.75) is 106 Å². The first-order chi connectivity index (χ1) is 14.9. The second kappa shape index (κ2) is 6.82. The van der Waals surface area contributed by atoms with E-state index in [0.29, 0.717) is 40.8 Å². The highest BCUT2D eigenvalue weighted by atomic mass is 16.1. The number of Topliss-reactive ketones (excluding diaryl/α,β-unsaturated/α-hetero) is 1. The van der Waals surface area contributed by atoms with E-state index in [2.05, 4.69) is 48.1 Å². The van der Waals surface area contributed by atoms with E-state index in [1.807, 2.05) is 0 Å². The maximum atomic E-state index is 12.9. The van der Waals surface area contributed by atoms with Crippen molar-refractivity contribution < 1.29 is 9.59 Å². The SMILES string of the molecule is C=C(C)[C@@H]1CC[C@]2(C=O)CC[C@]3(C)C(CCC4[C@@]5(C)CCC(=O)C(C)(C)C5CC[C@]43C)C12. The van der Waals surface area contributed by atoms with Gasteiger partial charge in [0.05, 0.1) is 0 Å². The molecule has 2 heteroatoms. The monoisotopic (exact) mass is 438 g/mol. The first-order valence-corrected chi connectivity index (χ1v) is 13.5. The minimum absolute atomic E-state index is 0.0999. The zero-order chi connectivity index (χ0) is 23.3. The molecule has 0 heterocycles. The minimum atomic E-state index is -0.179.